The number of nitrogens with one attached hydrogen (secondary N) is 1. The van der Waals surface area contributed by atoms with Gasteiger partial charge in [-0.15, -0.1) is 0 Å². The van der Waals surface area contributed by atoms with Crippen molar-refractivity contribution < 1.29 is 23.8 Å². The number of halogens is 1. The van der Waals surface area contributed by atoms with Crippen molar-refractivity contribution in [3.63, 3.8) is 0 Å². The van der Waals surface area contributed by atoms with Crippen LogP contribution in [0.4, 0.5) is 0 Å². The molecule has 2 rings (SSSR count). The standard InChI is InChI=1S/C19H20ClNO5/c1-24-16-10-13(14(20)11-17(16)25-2)9-15(19(23)26-3)21-18(22)12-7-5-4-6-8-12/h4-8,10-11,15H,9H2,1-3H3,(H,21,22)/t15-/m0/s1. The average Bonchev–Trinajstić information content (AvgIpc) is 2.68. The van der Waals surface area contributed by atoms with Crippen LogP contribution in [0.15, 0.2) is 42.5 Å². The first-order chi connectivity index (χ1) is 12.5. The third kappa shape index (κ3) is 4.67. The van der Waals surface area contributed by atoms with Gasteiger partial charge in [-0.25, -0.2) is 4.79 Å². The van der Waals surface area contributed by atoms with E-state index in [0.29, 0.717) is 27.6 Å². The highest BCUT2D eigenvalue weighted by Crippen LogP contribution is 2.33. The smallest absolute Gasteiger partial charge is 0.328 e. The maximum absolute atomic E-state index is 12.4. The Morgan fingerprint density at radius 3 is 2.23 bits per heavy atom. The fraction of sp³-hybridized carbons (Fsp3) is 0.263. The lowest BCUT2D eigenvalue weighted by Crippen LogP contribution is -2.43. The van der Waals surface area contributed by atoms with Crippen molar-refractivity contribution in [2.45, 2.75) is 12.5 Å². The number of ether oxygens (including phenoxy) is 3. The van der Waals surface area contributed by atoms with Crippen molar-refractivity contribution in [3.05, 3.63) is 58.6 Å². The van der Waals surface area contributed by atoms with Crippen molar-refractivity contribution in [3.8, 4) is 11.5 Å². The summed E-state index contributed by atoms with van der Waals surface area (Å²) in [6.45, 7) is 0. The van der Waals surface area contributed by atoms with Crippen LogP contribution in [0.3, 0.4) is 0 Å². The molecule has 0 aliphatic heterocycles. The Bertz CT molecular complexity index is 779. The Balaban J connectivity index is 2.26. The van der Waals surface area contributed by atoms with Crippen LogP contribution < -0.4 is 14.8 Å². The van der Waals surface area contributed by atoms with E-state index in [1.54, 1.807) is 42.5 Å². The second-order valence-corrected chi connectivity index (χ2v) is 5.83. The summed E-state index contributed by atoms with van der Waals surface area (Å²) in [5.74, 6) is 0.00632. The molecule has 1 atom stereocenters. The average molecular weight is 378 g/mol. The van der Waals surface area contributed by atoms with E-state index in [1.807, 2.05) is 0 Å². The molecule has 26 heavy (non-hydrogen) atoms. The number of hydrogen-bond donors (Lipinski definition) is 1. The van der Waals surface area contributed by atoms with E-state index in [9.17, 15) is 9.59 Å². The molecule has 0 aromatic heterocycles. The Hall–Kier alpha value is -2.73. The molecule has 0 saturated carbocycles. The molecule has 138 valence electrons. The van der Waals surface area contributed by atoms with Gasteiger partial charge < -0.3 is 19.5 Å². The predicted octanol–water partition coefficient (Wildman–Crippen LogP) is 2.87. The maximum Gasteiger partial charge on any atom is 0.328 e. The first kappa shape index (κ1) is 19.6. The molecule has 1 N–H and O–H groups in total. The number of hydrogen-bond acceptors (Lipinski definition) is 5. The number of carbonyl (C=O) groups is 2. The molecule has 0 aliphatic carbocycles. The summed E-state index contributed by atoms with van der Waals surface area (Å²) in [7, 11) is 4.27. The van der Waals surface area contributed by atoms with Gasteiger partial charge in [0.05, 0.1) is 21.3 Å². The van der Waals surface area contributed by atoms with Gasteiger partial charge >= 0.3 is 5.97 Å². The van der Waals surface area contributed by atoms with Gasteiger partial charge in [0.1, 0.15) is 6.04 Å². The molecule has 2 aromatic carbocycles. The molecule has 0 aliphatic rings. The fourth-order valence-electron chi connectivity index (χ4n) is 2.44. The lowest BCUT2D eigenvalue weighted by Gasteiger charge is -2.18. The number of amides is 1. The second-order valence-electron chi connectivity index (χ2n) is 5.42. The Morgan fingerprint density at radius 2 is 1.65 bits per heavy atom. The Kier molecular flexibility index (Phi) is 6.86. The monoisotopic (exact) mass is 377 g/mol. The van der Waals surface area contributed by atoms with Crippen LogP contribution in [0.2, 0.25) is 5.02 Å². The highest BCUT2D eigenvalue weighted by atomic mass is 35.5. The molecule has 0 radical (unpaired) electrons. The molecular weight excluding hydrogens is 358 g/mol. The summed E-state index contributed by atoms with van der Waals surface area (Å²) < 4.78 is 15.3. The SMILES string of the molecule is COC(=O)[C@H](Cc1cc(OC)c(OC)cc1Cl)NC(=O)c1ccccc1. The number of esters is 1. The van der Waals surface area contributed by atoms with Crippen molar-refractivity contribution in [1.82, 2.24) is 5.32 Å². The molecule has 1 amide bonds. The minimum atomic E-state index is -0.900. The Labute approximate surface area is 157 Å². The van der Waals surface area contributed by atoms with Gasteiger partial charge in [0.2, 0.25) is 0 Å². The van der Waals surface area contributed by atoms with Gasteiger partial charge in [-0.1, -0.05) is 29.8 Å². The van der Waals surface area contributed by atoms with Gasteiger partial charge in [-0.2, -0.15) is 0 Å². The lowest BCUT2D eigenvalue weighted by atomic mass is 10.0. The second kappa shape index (κ2) is 9.10. The van der Waals surface area contributed by atoms with Gasteiger partial charge in [0.25, 0.3) is 5.91 Å². The zero-order valence-corrected chi connectivity index (χ0v) is 15.5. The van der Waals surface area contributed by atoms with Crippen molar-refractivity contribution in [1.29, 1.82) is 0 Å². The highest BCUT2D eigenvalue weighted by Gasteiger charge is 2.24. The van der Waals surface area contributed by atoms with Crippen LogP contribution in [-0.4, -0.2) is 39.2 Å². The minimum Gasteiger partial charge on any atom is -0.493 e. The van der Waals surface area contributed by atoms with E-state index in [-0.39, 0.29) is 12.3 Å². The summed E-state index contributed by atoms with van der Waals surface area (Å²) >= 11 is 6.28. The maximum atomic E-state index is 12.4. The normalized spacial score (nSPS) is 11.4. The van der Waals surface area contributed by atoms with Crippen molar-refractivity contribution in [2.24, 2.45) is 0 Å². The van der Waals surface area contributed by atoms with Crippen LogP contribution in [-0.2, 0) is 16.0 Å². The largest absolute Gasteiger partial charge is 0.493 e. The van der Waals surface area contributed by atoms with E-state index in [4.69, 9.17) is 25.8 Å². The predicted molar refractivity (Wildman–Crippen MR) is 98.0 cm³/mol. The van der Waals surface area contributed by atoms with E-state index in [1.165, 1.54) is 21.3 Å². The molecule has 6 nitrogen and oxygen atoms in total. The number of benzene rings is 2. The number of rotatable bonds is 7. The molecule has 0 unspecified atom stereocenters. The highest BCUT2D eigenvalue weighted by molar-refractivity contribution is 6.31. The van der Waals surface area contributed by atoms with Gasteiger partial charge in [0, 0.05) is 23.1 Å². The summed E-state index contributed by atoms with van der Waals surface area (Å²) in [5.41, 5.74) is 1.06. The van der Waals surface area contributed by atoms with Crippen LogP contribution >= 0.6 is 11.6 Å². The van der Waals surface area contributed by atoms with E-state index < -0.39 is 12.0 Å². The Morgan fingerprint density at radius 1 is 1.04 bits per heavy atom. The molecule has 0 spiro atoms. The molecule has 0 bridgehead atoms. The third-order valence-corrected chi connectivity index (χ3v) is 4.16. The van der Waals surface area contributed by atoms with E-state index in [2.05, 4.69) is 5.32 Å². The number of methoxy groups -OCH3 is 3. The van der Waals surface area contributed by atoms with Gasteiger partial charge in [-0.3, -0.25) is 4.79 Å². The summed E-state index contributed by atoms with van der Waals surface area (Å²) in [5, 5.41) is 3.08. The molecular formula is C19H20ClNO5. The fourth-order valence-corrected chi connectivity index (χ4v) is 2.67. The van der Waals surface area contributed by atoms with Crippen LogP contribution in [0, 0.1) is 0 Å². The molecule has 0 heterocycles. The zero-order valence-electron chi connectivity index (χ0n) is 14.7. The summed E-state index contributed by atoms with van der Waals surface area (Å²) in [4.78, 5) is 24.5. The van der Waals surface area contributed by atoms with Gasteiger partial charge in [-0.05, 0) is 23.8 Å². The zero-order chi connectivity index (χ0) is 19.1. The van der Waals surface area contributed by atoms with Crippen molar-refractivity contribution in [2.75, 3.05) is 21.3 Å². The molecule has 2 aromatic rings. The van der Waals surface area contributed by atoms with Crippen LogP contribution in [0.5, 0.6) is 11.5 Å². The van der Waals surface area contributed by atoms with E-state index >= 15 is 0 Å². The quantitative estimate of drug-likeness (QED) is 0.751. The first-order valence-corrected chi connectivity index (χ1v) is 8.22. The first-order valence-electron chi connectivity index (χ1n) is 7.84. The van der Waals surface area contributed by atoms with Crippen LogP contribution in [0.25, 0.3) is 0 Å². The molecule has 7 heteroatoms. The van der Waals surface area contributed by atoms with Crippen LogP contribution in [0.1, 0.15) is 15.9 Å². The summed E-state index contributed by atoms with van der Waals surface area (Å²) in [6, 6.07) is 11.0. The molecule has 0 saturated heterocycles. The number of carbonyl (C=O) groups excluding carboxylic acids is 2. The third-order valence-electron chi connectivity index (χ3n) is 3.80. The van der Waals surface area contributed by atoms with E-state index in [0.717, 1.165) is 0 Å². The minimum absolute atomic E-state index is 0.143. The van der Waals surface area contributed by atoms with Crippen molar-refractivity contribution >= 4 is 23.5 Å². The summed E-state index contributed by atoms with van der Waals surface area (Å²) in [6.07, 6.45) is 0.143. The topological polar surface area (TPSA) is 73.9 Å². The molecule has 0 fully saturated rings. The van der Waals surface area contributed by atoms with Gasteiger partial charge in [0.15, 0.2) is 11.5 Å². The lowest BCUT2D eigenvalue weighted by molar-refractivity contribution is -0.142.